The van der Waals surface area contributed by atoms with Gasteiger partial charge in [-0.2, -0.15) is 0 Å². The molecule has 1 heterocycles. The van der Waals surface area contributed by atoms with Gasteiger partial charge >= 0.3 is 0 Å². The Morgan fingerprint density at radius 2 is 1.53 bits per heavy atom. The fraction of sp³-hybridized carbons (Fsp3) is 1.00. The largest absolute Gasteiger partial charge is 0.365 e. The average Bonchev–Trinajstić information content (AvgIpc) is 2.43. The van der Waals surface area contributed by atoms with Gasteiger partial charge in [0.2, 0.25) is 0 Å². The van der Waals surface area contributed by atoms with Gasteiger partial charge in [0.1, 0.15) is 16.9 Å². The molecule has 1 saturated heterocycles. The van der Waals surface area contributed by atoms with Gasteiger partial charge < -0.3 is 4.74 Å². The van der Waals surface area contributed by atoms with Crippen molar-refractivity contribution in [1.29, 1.82) is 0 Å². The van der Waals surface area contributed by atoms with E-state index in [0.29, 0.717) is 5.94 Å². The molecule has 1 aliphatic heterocycles. The molecule has 3 nitrogen and oxygen atoms in total. The summed E-state index contributed by atoms with van der Waals surface area (Å²) >= 11 is 0. The van der Waals surface area contributed by atoms with Crippen LogP contribution in [-0.2, 0) is 15.7 Å². The van der Waals surface area contributed by atoms with Crippen molar-refractivity contribution < 1.29 is 8.95 Å². The molecule has 19 heavy (non-hydrogen) atoms. The van der Waals surface area contributed by atoms with Crippen LogP contribution in [0.5, 0.6) is 0 Å². The van der Waals surface area contributed by atoms with Crippen LogP contribution in [-0.4, -0.2) is 34.1 Å². The van der Waals surface area contributed by atoms with Crippen molar-refractivity contribution in [3.05, 3.63) is 0 Å². The van der Waals surface area contributed by atoms with Crippen molar-refractivity contribution in [3.63, 3.8) is 0 Å². The number of rotatable bonds is 11. The van der Waals surface area contributed by atoms with Gasteiger partial charge in [-0.15, -0.1) is 0 Å². The van der Waals surface area contributed by atoms with Crippen molar-refractivity contribution >= 4 is 11.0 Å². The minimum Gasteiger partial charge on any atom is -0.365 e. The van der Waals surface area contributed by atoms with E-state index in [4.69, 9.17) is 4.74 Å². The van der Waals surface area contributed by atoms with E-state index in [1.807, 2.05) is 0 Å². The van der Waals surface area contributed by atoms with E-state index in [1.165, 1.54) is 64.2 Å². The van der Waals surface area contributed by atoms with Crippen molar-refractivity contribution in [2.24, 2.45) is 0 Å². The second-order valence-electron chi connectivity index (χ2n) is 5.46. The summed E-state index contributed by atoms with van der Waals surface area (Å²) in [5.41, 5.74) is 0. The Morgan fingerprint density at radius 1 is 0.947 bits per heavy atom. The maximum atomic E-state index is 11.6. The number of unbranched alkanes of at least 4 members (excludes halogenated alkanes) is 9. The van der Waals surface area contributed by atoms with Crippen LogP contribution in [0, 0.1) is 0 Å². The van der Waals surface area contributed by atoms with Gasteiger partial charge in [0.05, 0.1) is 6.61 Å². The van der Waals surface area contributed by atoms with Crippen LogP contribution in [0.3, 0.4) is 0 Å². The normalized spacial score (nSPS) is 20.8. The Labute approximate surface area is 121 Å². The maximum Gasteiger partial charge on any atom is 0.136 e. The zero-order chi connectivity index (χ0) is 13.8. The molecule has 1 atom stereocenters. The first kappa shape index (κ1) is 17.1. The van der Waals surface area contributed by atoms with E-state index >= 15 is 0 Å². The molecule has 1 rings (SSSR count). The van der Waals surface area contributed by atoms with Crippen molar-refractivity contribution in [2.75, 3.05) is 25.6 Å². The van der Waals surface area contributed by atoms with Crippen LogP contribution < -0.4 is 0 Å². The first-order valence-corrected chi connectivity index (χ1v) is 9.33. The lowest BCUT2D eigenvalue weighted by atomic mass is 10.1. The van der Waals surface area contributed by atoms with Crippen LogP contribution in [0.2, 0.25) is 0 Å². The second-order valence-corrected chi connectivity index (χ2v) is 6.85. The van der Waals surface area contributed by atoms with Gasteiger partial charge in [-0.1, -0.05) is 64.7 Å². The van der Waals surface area contributed by atoms with Gasteiger partial charge in [0.15, 0.2) is 0 Å². The Balaban J connectivity index is 1.82. The van der Waals surface area contributed by atoms with E-state index in [9.17, 15) is 4.21 Å². The lowest BCUT2D eigenvalue weighted by molar-refractivity contribution is 0.140. The van der Waals surface area contributed by atoms with Gasteiger partial charge in [-0.3, -0.25) is 0 Å². The highest BCUT2D eigenvalue weighted by atomic mass is 32.2. The molecule has 0 aromatic heterocycles. The standard InChI is InChI=1S/C15H31NO2S/c1-2-3-4-5-6-7-8-9-10-11-12-16-13-14-18-15-19(16)17/h2-15H2,1H3. The molecule has 0 aromatic rings. The molecule has 0 N–H and O–H groups in total. The van der Waals surface area contributed by atoms with Crippen LogP contribution in [0.1, 0.15) is 71.1 Å². The lowest BCUT2D eigenvalue weighted by Crippen LogP contribution is -2.37. The third kappa shape index (κ3) is 8.77. The molecule has 1 aliphatic rings. The fourth-order valence-electron chi connectivity index (χ4n) is 2.46. The molecular formula is C15H31NO2S. The van der Waals surface area contributed by atoms with Gasteiger partial charge in [0, 0.05) is 13.1 Å². The molecule has 0 saturated carbocycles. The highest BCUT2D eigenvalue weighted by molar-refractivity contribution is 7.82. The summed E-state index contributed by atoms with van der Waals surface area (Å²) in [5, 5.41) is 0. The first-order chi connectivity index (χ1) is 9.34. The Morgan fingerprint density at radius 3 is 2.11 bits per heavy atom. The third-order valence-corrected chi connectivity index (χ3v) is 5.03. The zero-order valence-electron chi connectivity index (χ0n) is 12.6. The summed E-state index contributed by atoms with van der Waals surface area (Å²) in [5.74, 6) is 0.401. The van der Waals surface area contributed by atoms with Crippen LogP contribution >= 0.6 is 0 Å². The van der Waals surface area contributed by atoms with Crippen LogP contribution in [0.4, 0.5) is 0 Å². The van der Waals surface area contributed by atoms with E-state index in [-0.39, 0.29) is 0 Å². The molecular weight excluding hydrogens is 258 g/mol. The molecule has 0 aromatic carbocycles. The summed E-state index contributed by atoms with van der Waals surface area (Å²) in [6.07, 6.45) is 13.5. The molecule has 114 valence electrons. The van der Waals surface area contributed by atoms with E-state index < -0.39 is 11.0 Å². The minimum atomic E-state index is -0.881. The second kappa shape index (κ2) is 11.9. The predicted octanol–water partition coefficient (Wildman–Crippen LogP) is 3.86. The maximum absolute atomic E-state index is 11.6. The summed E-state index contributed by atoms with van der Waals surface area (Å²) in [7, 11) is -0.881. The van der Waals surface area contributed by atoms with E-state index in [0.717, 1.165) is 19.7 Å². The molecule has 0 spiro atoms. The summed E-state index contributed by atoms with van der Waals surface area (Å²) < 4.78 is 18.8. The van der Waals surface area contributed by atoms with Crippen molar-refractivity contribution in [3.8, 4) is 0 Å². The summed E-state index contributed by atoms with van der Waals surface area (Å²) in [4.78, 5) is 0. The number of hydrogen-bond donors (Lipinski definition) is 0. The molecule has 0 radical (unpaired) electrons. The van der Waals surface area contributed by atoms with Crippen LogP contribution in [0.15, 0.2) is 0 Å². The highest BCUT2D eigenvalue weighted by Gasteiger charge is 2.16. The molecule has 1 fully saturated rings. The third-order valence-electron chi connectivity index (χ3n) is 3.72. The predicted molar refractivity (Wildman–Crippen MR) is 82.4 cm³/mol. The average molecular weight is 289 g/mol. The Hall–Kier alpha value is 0.0700. The monoisotopic (exact) mass is 289 g/mol. The molecule has 4 heteroatoms. The highest BCUT2D eigenvalue weighted by Crippen LogP contribution is 2.11. The van der Waals surface area contributed by atoms with Gasteiger partial charge in [-0.05, 0) is 6.42 Å². The molecule has 0 amide bonds. The van der Waals surface area contributed by atoms with Gasteiger partial charge in [0.25, 0.3) is 0 Å². The van der Waals surface area contributed by atoms with E-state index in [1.54, 1.807) is 0 Å². The Kier molecular flexibility index (Phi) is 10.7. The topological polar surface area (TPSA) is 29.5 Å². The minimum absolute atomic E-state index is 0.401. The molecule has 0 aliphatic carbocycles. The fourth-order valence-corrected chi connectivity index (χ4v) is 3.48. The zero-order valence-corrected chi connectivity index (χ0v) is 13.4. The number of ether oxygens (including phenoxy) is 1. The van der Waals surface area contributed by atoms with Crippen molar-refractivity contribution in [2.45, 2.75) is 71.1 Å². The summed E-state index contributed by atoms with van der Waals surface area (Å²) in [6, 6.07) is 0. The quantitative estimate of drug-likeness (QED) is 0.541. The lowest BCUT2D eigenvalue weighted by Gasteiger charge is -2.25. The van der Waals surface area contributed by atoms with E-state index in [2.05, 4.69) is 11.2 Å². The number of hydrogen-bond acceptors (Lipinski definition) is 2. The SMILES string of the molecule is CCCCCCCCCCCCN1CCOCS1=O. The number of nitrogens with zero attached hydrogens (tertiary/aromatic N) is 1. The Bertz CT molecular complexity index is 236. The van der Waals surface area contributed by atoms with Crippen LogP contribution in [0.25, 0.3) is 0 Å². The molecule has 1 unspecified atom stereocenters. The van der Waals surface area contributed by atoms with Gasteiger partial charge in [-0.25, -0.2) is 8.51 Å². The molecule has 0 bridgehead atoms. The summed E-state index contributed by atoms with van der Waals surface area (Å²) in [6.45, 7) is 4.82. The first-order valence-electron chi connectivity index (χ1n) is 8.05. The van der Waals surface area contributed by atoms with Crippen molar-refractivity contribution in [1.82, 2.24) is 4.31 Å². The smallest absolute Gasteiger partial charge is 0.136 e.